The molecule has 2 heterocycles. The fraction of sp³-hybridized carbons (Fsp3) is 0.250. The van der Waals surface area contributed by atoms with E-state index in [1.165, 1.54) is 0 Å². The van der Waals surface area contributed by atoms with Crippen LogP contribution >= 0.6 is 0 Å². The average molecular weight is 312 g/mol. The first kappa shape index (κ1) is 15.0. The second-order valence-corrected chi connectivity index (χ2v) is 5.32. The van der Waals surface area contributed by atoms with Gasteiger partial charge in [0, 0.05) is 36.6 Å². The van der Waals surface area contributed by atoms with Crippen molar-refractivity contribution in [1.29, 1.82) is 0 Å². The van der Waals surface area contributed by atoms with Gasteiger partial charge in [-0.15, -0.1) is 0 Å². The van der Waals surface area contributed by atoms with E-state index in [9.17, 15) is 9.59 Å². The number of carbonyl (C=O) groups excluding carboxylic acids is 2. The molecule has 2 aromatic rings. The molecule has 1 aliphatic heterocycles. The van der Waals surface area contributed by atoms with Gasteiger partial charge in [-0.05, 0) is 25.1 Å². The summed E-state index contributed by atoms with van der Waals surface area (Å²) in [5.74, 6) is 0.0933. The fourth-order valence-electron chi connectivity index (χ4n) is 2.32. The molecule has 1 atom stereocenters. The van der Waals surface area contributed by atoms with Crippen LogP contribution in [0, 0.1) is 0 Å². The van der Waals surface area contributed by atoms with E-state index < -0.39 is 0 Å². The first-order chi connectivity index (χ1) is 11.1. The van der Waals surface area contributed by atoms with E-state index in [0.717, 1.165) is 5.69 Å². The molecular weight excluding hydrogens is 296 g/mol. The molecule has 3 rings (SSSR count). The number of hydrogen-bond acceptors (Lipinski definition) is 5. The molecule has 0 bridgehead atoms. The topological polar surface area (TPSA) is 93.2 Å². The van der Waals surface area contributed by atoms with Crippen molar-refractivity contribution in [3.8, 4) is 5.75 Å². The van der Waals surface area contributed by atoms with Crippen molar-refractivity contribution in [2.45, 2.75) is 19.4 Å². The molecule has 1 aromatic carbocycles. The van der Waals surface area contributed by atoms with Gasteiger partial charge in [0.25, 0.3) is 11.8 Å². The van der Waals surface area contributed by atoms with Crippen LogP contribution in [0.1, 0.15) is 23.0 Å². The van der Waals surface area contributed by atoms with Crippen LogP contribution in [0.2, 0.25) is 0 Å². The Kier molecular flexibility index (Phi) is 4.18. The zero-order valence-corrected chi connectivity index (χ0v) is 12.6. The number of anilines is 1. The van der Waals surface area contributed by atoms with E-state index in [1.54, 1.807) is 36.8 Å². The van der Waals surface area contributed by atoms with Gasteiger partial charge in [-0.25, -0.2) is 0 Å². The molecule has 0 fully saturated rings. The lowest BCUT2D eigenvalue weighted by atomic mass is 10.1. The van der Waals surface area contributed by atoms with Gasteiger partial charge < -0.3 is 15.4 Å². The first-order valence-corrected chi connectivity index (χ1v) is 7.24. The minimum Gasteiger partial charge on any atom is -0.482 e. The number of benzene rings is 1. The molecule has 0 saturated carbocycles. The number of fused-ring (bicyclic) bond motifs is 1. The summed E-state index contributed by atoms with van der Waals surface area (Å²) in [5.41, 5.74) is 1.87. The Bertz CT molecular complexity index is 733. The summed E-state index contributed by atoms with van der Waals surface area (Å²) in [6.45, 7) is 1.86. The fourth-order valence-corrected chi connectivity index (χ4v) is 2.32. The summed E-state index contributed by atoms with van der Waals surface area (Å²) < 4.78 is 5.32. The highest BCUT2D eigenvalue weighted by molar-refractivity contribution is 5.99. The van der Waals surface area contributed by atoms with Crippen molar-refractivity contribution < 1.29 is 14.3 Å². The molecule has 0 unspecified atom stereocenters. The van der Waals surface area contributed by atoms with Crippen molar-refractivity contribution in [1.82, 2.24) is 15.3 Å². The van der Waals surface area contributed by atoms with Gasteiger partial charge in [-0.2, -0.15) is 0 Å². The van der Waals surface area contributed by atoms with E-state index >= 15 is 0 Å². The number of ether oxygens (including phenoxy) is 1. The minimum atomic E-state index is -0.204. The van der Waals surface area contributed by atoms with Gasteiger partial charge in [0.1, 0.15) is 5.75 Å². The number of carbonyl (C=O) groups is 2. The van der Waals surface area contributed by atoms with Crippen LogP contribution in [0.25, 0.3) is 0 Å². The highest BCUT2D eigenvalue weighted by atomic mass is 16.5. The molecule has 118 valence electrons. The smallest absolute Gasteiger partial charge is 0.262 e. The predicted octanol–water partition coefficient (Wildman–Crippen LogP) is 1.17. The van der Waals surface area contributed by atoms with Gasteiger partial charge in [-0.3, -0.25) is 19.6 Å². The Labute approximate surface area is 133 Å². The first-order valence-electron chi connectivity index (χ1n) is 7.24. The van der Waals surface area contributed by atoms with E-state index in [2.05, 4.69) is 20.6 Å². The maximum Gasteiger partial charge on any atom is 0.262 e. The van der Waals surface area contributed by atoms with E-state index in [-0.39, 0.29) is 24.5 Å². The van der Waals surface area contributed by atoms with Crippen molar-refractivity contribution in [2.24, 2.45) is 0 Å². The van der Waals surface area contributed by atoms with Crippen LogP contribution in [0.4, 0.5) is 5.69 Å². The van der Waals surface area contributed by atoms with E-state index in [1.807, 2.05) is 6.92 Å². The van der Waals surface area contributed by atoms with Crippen LogP contribution in [0.15, 0.2) is 36.8 Å². The second kappa shape index (κ2) is 6.43. The molecule has 23 heavy (non-hydrogen) atoms. The quantitative estimate of drug-likeness (QED) is 0.884. The Morgan fingerprint density at radius 1 is 1.43 bits per heavy atom. The maximum atomic E-state index is 12.3. The van der Waals surface area contributed by atoms with Gasteiger partial charge >= 0.3 is 0 Å². The minimum absolute atomic E-state index is 0.0405. The number of hydrogen-bond donors (Lipinski definition) is 2. The van der Waals surface area contributed by atoms with Gasteiger partial charge in [-0.1, -0.05) is 0 Å². The molecule has 7 nitrogen and oxygen atoms in total. The molecule has 7 heteroatoms. The second-order valence-electron chi connectivity index (χ2n) is 5.32. The highest BCUT2D eigenvalue weighted by Gasteiger charge is 2.18. The average Bonchev–Trinajstić information content (AvgIpc) is 2.55. The van der Waals surface area contributed by atoms with Crippen LogP contribution in [0.5, 0.6) is 5.75 Å². The predicted molar refractivity (Wildman–Crippen MR) is 83.2 cm³/mol. The SMILES string of the molecule is C[C@H](Cc1cnccn1)NC(=O)c1ccc2c(c1)OCC(=O)N2. The summed E-state index contributed by atoms with van der Waals surface area (Å²) in [6.07, 6.45) is 5.51. The zero-order valence-electron chi connectivity index (χ0n) is 12.6. The monoisotopic (exact) mass is 312 g/mol. The zero-order chi connectivity index (χ0) is 16.2. The molecule has 2 amide bonds. The van der Waals surface area contributed by atoms with Gasteiger partial charge in [0.15, 0.2) is 6.61 Å². The number of aromatic nitrogens is 2. The van der Waals surface area contributed by atoms with Crippen molar-refractivity contribution in [3.63, 3.8) is 0 Å². The molecular formula is C16H16N4O3. The number of rotatable bonds is 4. The molecule has 0 spiro atoms. The van der Waals surface area contributed by atoms with Crippen molar-refractivity contribution >= 4 is 17.5 Å². The molecule has 0 radical (unpaired) electrons. The largest absolute Gasteiger partial charge is 0.482 e. The summed E-state index contributed by atoms with van der Waals surface area (Å²) >= 11 is 0. The Morgan fingerprint density at radius 3 is 3.09 bits per heavy atom. The van der Waals surface area contributed by atoms with Crippen molar-refractivity contribution in [2.75, 3.05) is 11.9 Å². The van der Waals surface area contributed by atoms with E-state index in [0.29, 0.717) is 23.4 Å². The molecule has 1 aromatic heterocycles. The number of nitrogens with zero attached hydrogens (tertiary/aromatic N) is 2. The number of amides is 2. The summed E-state index contributed by atoms with van der Waals surface area (Å²) in [7, 11) is 0. The lowest BCUT2D eigenvalue weighted by Gasteiger charge is -2.19. The van der Waals surface area contributed by atoms with Crippen LogP contribution in [-0.4, -0.2) is 34.4 Å². The lowest BCUT2D eigenvalue weighted by Crippen LogP contribution is -2.34. The molecule has 0 aliphatic carbocycles. The van der Waals surface area contributed by atoms with Crippen LogP contribution < -0.4 is 15.4 Å². The summed E-state index contributed by atoms with van der Waals surface area (Å²) in [6, 6.07) is 4.85. The maximum absolute atomic E-state index is 12.3. The summed E-state index contributed by atoms with van der Waals surface area (Å²) in [4.78, 5) is 31.7. The van der Waals surface area contributed by atoms with Gasteiger partial charge in [0.05, 0.1) is 11.4 Å². The Morgan fingerprint density at radius 2 is 2.30 bits per heavy atom. The third-order valence-corrected chi connectivity index (χ3v) is 3.39. The molecule has 0 saturated heterocycles. The Hall–Kier alpha value is -2.96. The molecule has 2 N–H and O–H groups in total. The van der Waals surface area contributed by atoms with Crippen molar-refractivity contribution in [3.05, 3.63) is 48.0 Å². The Balaban J connectivity index is 1.65. The van der Waals surface area contributed by atoms with Crippen LogP contribution in [0.3, 0.4) is 0 Å². The third kappa shape index (κ3) is 3.63. The van der Waals surface area contributed by atoms with E-state index in [4.69, 9.17) is 4.74 Å². The standard InChI is InChI=1S/C16H16N4O3/c1-10(6-12-8-17-4-5-18-12)19-16(22)11-2-3-13-14(7-11)23-9-15(21)20-13/h2-5,7-8,10H,6,9H2,1H3,(H,19,22)(H,20,21)/t10-/m1/s1. The number of nitrogens with one attached hydrogen (secondary N) is 2. The lowest BCUT2D eigenvalue weighted by molar-refractivity contribution is -0.118. The molecule has 1 aliphatic rings. The normalized spacial score (nSPS) is 14.2. The summed E-state index contributed by atoms with van der Waals surface area (Å²) in [5, 5.41) is 5.60. The highest BCUT2D eigenvalue weighted by Crippen LogP contribution is 2.28. The third-order valence-electron chi connectivity index (χ3n) is 3.39. The van der Waals surface area contributed by atoms with Gasteiger partial charge in [0.2, 0.25) is 0 Å². The van der Waals surface area contributed by atoms with Crippen LogP contribution in [-0.2, 0) is 11.2 Å².